The van der Waals surface area contributed by atoms with Gasteiger partial charge < -0.3 is 19.9 Å². The van der Waals surface area contributed by atoms with Crippen molar-refractivity contribution >= 4 is 5.97 Å². The van der Waals surface area contributed by atoms with Crippen LogP contribution in [0.5, 0.6) is 0 Å². The number of nitrogens with one attached hydrogen (secondary N) is 1. The van der Waals surface area contributed by atoms with Gasteiger partial charge in [-0.2, -0.15) is 0 Å². The highest BCUT2D eigenvalue weighted by Crippen LogP contribution is 2.10. The number of rotatable bonds is 13. The Morgan fingerprint density at radius 2 is 1.74 bits per heavy atom. The van der Waals surface area contributed by atoms with Gasteiger partial charge in [0.15, 0.2) is 0 Å². The van der Waals surface area contributed by atoms with Crippen LogP contribution in [0.25, 0.3) is 0 Å². The molecule has 0 amide bonds. The molecule has 0 saturated heterocycles. The molecule has 2 N–H and O–H groups in total. The fraction of sp³-hybridized carbons (Fsp3) is 0.929. The Balaban J connectivity index is 3.67. The van der Waals surface area contributed by atoms with Gasteiger partial charge in [0.05, 0.1) is 13.2 Å². The number of hydrogen-bond donors (Lipinski definition) is 2. The fourth-order valence-corrected chi connectivity index (χ4v) is 1.52. The highest BCUT2D eigenvalue weighted by Gasteiger charge is 2.31. The minimum Gasteiger partial charge on any atom is -0.480 e. The van der Waals surface area contributed by atoms with E-state index >= 15 is 0 Å². The first-order valence-electron chi connectivity index (χ1n) is 7.20. The minimum atomic E-state index is -0.904. The molecule has 0 heterocycles. The number of aliphatic carboxylic acids is 1. The van der Waals surface area contributed by atoms with Crippen LogP contribution in [0.4, 0.5) is 0 Å². The molecule has 0 aromatic carbocycles. The summed E-state index contributed by atoms with van der Waals surface area (Å²) in [5.74, 6) is -0.830. The Labute approximate surface area is 116 Å². The van der Waals surface area contributed by atoms with Crippen molar-refractivity contribution in [1.29, 1.82) is 0 Å². The van der Waals surface area contributed by atoms with Crippen LogP contribution in [0, 0.1) is 0 Å². The zero-order valence-corrected chi connectivity index (χ0v) is 12.5. The van der Waals surface area contributed by atoms with Crippen LogP contribution in [-0.2, 0) is 14.3 Å². The van der Waals surface area contributed by atoms with Crippen LogP contribution in [0.3, 0.4) is 0 Å². The summed E-state index contributed by atoms with van der Waals surface area (Å²) in [7, 11) is 0. The Bertz CT molecular complexity index is 235. The van der Waals surface area contributed by atoms with Gasteiger partial charge in [-0.05, 0) is 32.7 Å². The van der Waals surface area contributed by atoms with Gasteiger partial charge in [-0.25, -0.2) is 0 Å². The zero-order valence-electron chi connectivity index (χ0n) is 12.5. The topological polar surface area (TPSA) is 67.8 Å². The average molecular weight is 275 g/mol. The Morgan fingerprint density at radius 1 is 1.11 bits per heavy atom. The van der Waals surface area contributed by atoms with Gasteiger partial charge >= 0.3 is 5.97 Å². The van der Waals surface area contributed by atoms with Crippen molar-refractivity contribution in [2.75, 3.05) is 33.0 Å². The van der Waals surface area contributed by atoms with Crippen LogP contribution in [0.15, 0.2) is 0 Å². The summed E-state index contributed by atoms with van der Waals surface area (Å²) >= 11 is 0. The molecule has 0 rings (SSSR count). The van der Waals surface area contributed by atoms with Crippen molar-refractivity contribution in [1.82, 2.24) is 5.32 Å². The summed E-state index contributed by atoms with van der Waals surface area (Å²) in [6.45, 7) is 8.82. The second-order valence-corrected chi connectivity index (χ2v) is 4.89. The first kappa shape index (κ1) is 18.4. The number of carboxylic acid groups (broad SMARTS) is 1. The van der Waals surface area contributed by atoms with E-state index in [0.29, 0.717) is 32.8 Å². The summed E-state index contributed by atoms with van der Waals surface area (Å²) in [4.78, 5) is 11.2. The van der Waals surface area contributed by atoms with Crippen molar-refractivity contribution in [3.05, 3.63) is 0 Å². The van der Waals surface area contributed by atoms with E-state index < -0.39 is 11.5 Å². The first-order valence-corrected chi connectivity index (χ1v) is 7.20. The molecular formula is C14H29NO4. The molecule has 114 valence electrons. The lowest BCUT2D eigenvalue weighted by atomic mass is 9.98. The Kier molecular flexibility index (Phi) is 10.8. The average Bonchev–Trinajstić information content (AvgIpc) is 2.39. The maximum atomic E-state index is 11.2. The first-order chi connectivity index (χ1) is 9.06. The Morgan fingerprint density at radius 3 is 2.26 bits per heavy atom. The molecule has 1 atom stereocenters. The van der Waals surface area contributed by atoms with Crippen LogP contribution in [-0.4, -0.2) is 49.6 Å². The van der Waals surface area contributed by atoms with E-state index in [-0.39, 0.29) is 0 Å². The molecule has 5 heteroatoms. The predicted molar refractivity (Wildman–Crippen MR) is 75.5 cm³/mol. The zero-order chi connectivity index (χ0) is 14.6. The van der Waals surface area contributed by atoms with Crippen molar-refractivity contribution in [2.24, 2.45) is 0 Å². The second kappa shape index (κ2) is 11.2. The maximum absolute atomic E-state index is 11.2. The number of carboxylic acids is 1. The molecule has 0 aromatic rings. The third-order valence-electron chi connectivity index (χ3n) is 3.00. The van der Waals surface area contributed by atoms with E-state index in [2.05, 4.69) is 12.2 Å². The molecule has 0 aromatic heterocycles. The molecule has 19 heavy (non-hydrogen) atoms. The van der Waals surface area contributed by atoms with Crippen LogP contribution < -0.4 is 5.32 Å². The van der Waals surface area contributed by atoms with Gasteiger partial charge in [-0.15, -0.1) is 0 Å². The monoisotopic (exact) mass is 275 g/mol. The lowest BCUT2D eigenvalue weighted by Gasteiger charge is -2.26. The number of ether oxygens (including phenoxy) is 2. The summed E-state index contributed by atoms with van der Waals surface area (Å²) in [6, 6.07) is 0. The molecule has 0 bridgehead atoms. The van der Waals surface area contributed by atoms with Crippen LogP contribution in [0.2, 0.25) is 0 Å². The molecule has 0 aliphatic heterocycles. The second-order valence-electron chi connectivity index (χ2n) is 4.89. The van der Waals surface area contributed by atoms with E-state index in [1.807, 2.05) is 6.92 Å². The van der Waals surface area contributed by atoms with E-state index in [1.165, 1.54) is 0 Å². The van der Waals surface area contributed by atoms with E-state index in [1.54, 1.807) is 6.92 Å². The number of hydrogen-bond acceptors (Lipinski definition) is 4. The predicted octanol–water partition coefficient (Wildman–Crippen LogP) is 2.05. The SMILES string of the molecule is CCCCOCCOCCC(C)(NCCC)C(=O)O. The molecular weight excluding hydrogens is 246 g/mol. The normalized spacial score (nSPS) is 14.3. The van der Waals surface area contributed by atoms with Crippen LogP contribution in [0.1, 0.15) is 46.5 Å². The van der Waals surface area contributed by atoms with Crippen LogP contribution >= 0.6 is 0 Å². The summed E-state index contributed by atoms with van der Waals surface area (Å²) in [5, 5.41) is 12.3. The van der Waals surface area contributed by atoms with Crippen molar-refractivity contribution in [3.63, 3.8) is 0 Å². The molecule has 0 aliphatic carbocycles. The molecule has 0 radical (unpaired) electrons. The highest BCUT2D eigenvalue weighted by atomic mass is 16.5. The summed E-state index contributed by atoms with van der Waals surface area (Å²) in [6.07, 6.45) is 3.56. The highest BCUT2D eigenvalue weighted by molar-refractivity contribution is 5.78. The summed E-state index contributed by atoms with van der Waals surface area (Å²) in [5.41, 5.74) is -0.904. The fourth-order valence-electron chi connectivity index (χ4n) is 1.52. The van der Waals surface area contributed by atoms with Crippen molar-refractivity contribution < 1.29 is 19.4 Å². The molecule has 0 spiro atoms. The van der Waals surface area contributed by atoms with E-state index in [4.69, 9.17) is 9.47 Å². The van der Waals surface area contributed by atoms with Crippen molar-refractivity contribution in [3.8, 4) is 0 Å². The molecule has 5 nitrogen and oxygen atoms in total. The van der Waals surface area contributed by atoms with Crippen molar-refractivity contribution in [2.45, 2.75) is 52.0 Å². The quantitative estimate of drug-likeness (QED) is 0.504. The van der Waals surface area contributed by atoms with E-state index in [9.17, 15) is 9.90 Å². The van der Waals surface area contributed by atoms with Gasteiger partial charge in [0.2, 0.25) is 0 Å². The van der Waals surface area contributed by atoms with Gasteiger partial charge in [0, 0.05) is 13.2 Å². The third kappa shape index (κ3) is 8.97. The minimum absolute atomic E-state index is 0.427. The maximum Gasteiger partial charge on any atom is 0.323 e. The Hall–Kier alpha value is -0.650. The van der Waals surface area contributed by atoms with Gasteiger partial charge in [-0.3, -0.25) is 4.79 Å². The van der Waals surface area contributed by atoms with Gasteiger partial charge in [0.25, 0.3) is 0 Å². The summed E-state index contributed by atoms with van der Waals surface area (Å²) < 4.78 is 10.8. The smallest absolute Gasteiger partial charge is 0.323 e. The number of unbranched alkanes of at least 4 members (excludes halogenated alkanes) is 1. The molecule has 0 fully saturated rings. The standard InChI is InChI=1S/C14H29NO4/c1-4-6-9-18-11-12-19-10-7-14(3,13(16)17)15-8-5-2/h15H,4-12H2,1-3H3,(H,16,17). The van der Waals surface area contributed by atoms with Gasteiger partial charge in [-0.1, -0.05) is 20.3 Å². The molecule has 0 aliphatic rings. The number of carbonyl (C=O) groups is 1. The van der Waals surface area contributed by atoms with Gasteiger partial charge in [0.1, 0.15) is 5.54 Å². The lowest BCUT2D eigenvalue weighted by Crippen LogP contribution is -2.50. The third-order valence-corrected chi connectivity index (χ3v) is 3.00. The van der Waals surface area contributed by atoms with E-state index in [0.717, 1.165) is 25.9 Å². The lowest BCUT2D eigenvalue weighted by molar-refractivity contribution is -0.145. The molecule has 0 saturated carbocycles. The molecule has 1 unspecified atom stereocenters. The largest absolute Gasteiger partial charge is 0.480 e.